The summed E-state index contributed by atoms with van der Waals surface area (Å²) in [5.74, 6) is 0.320. The summed E-state index contributed by atoms with van der Waals surface area (Å²) >= 11 is 0. The second-order valence-electron chi connectivity index (χ2n) is 9.76. The van der Waals surface area contributed by atoms with Gasteiger partial charge in [-0.1, -0.05) is 12.1 Å². The van der Waals surface area contributed by atoms with E-state index in [2.05, 4.69) is 45.5 Å². The number of nitrogens with one attached hydrogen (secondary N) is 2. The lowest BCUT2D eigenvalue weighted by atomic mass is 10.2. The third-order valence-corrected chi connectivity index (χ3v) is 6.73. The summed E-state index contributed by atoms with van der Waals surface area (Å²) in [6.45, 7) is 0.805. The number of nitrogens with zero attached hydrogens (tertiary/aromatic N) is 9. The molecular formula is C29H27N13O2. The maximum Gasteiger partial charge on any atom is 0.226 e. The number of imidazole rings is 2. The Morgan fingerprint density at radius 2 is 1.16 bits per heavy atom. The maximum absolute atomic E-state index is 12.5. The number of carbonyl (C=O) groups excluding carboxylic acids is 2. The van der Waals surface area contributed by atoms with Gasteiger partial charge >= 0.3 is 0 Å². The van der Waals surface area contributed by atoms with Crippen molar-refractivity contribution in [1.82, 2.24) is 39.0 Å². The molecule has 0 unspecified atom stereocenters. The van der Waals surface area contributed by atoms with Gasteiger partial charge in [-0.25, -0.2) is 29.9 Å². The van der Waals surface area contributed by atoms with Gasteiger partial charge in [0.15, 0.2) is 22.9 Å². The zero-order valence-corrected chi connectivity index (χ0v) is 23.3. The summed E-state index contributed by atoms with van der Waals surface area (Å²) in [5.41, 5.74) is 16.8. The zero-order chi connectivity index (χ0) is 30.5. The Balaban J connectivity index is 0.963. The van der Waals surface area contributed by atoms with E-state index in [-0.39, 0.29) is 24.7 Å². The van der Waals surface area contributed by atoms with Crippen LogP contribution in [0.5, 0.6) is 0 Å². The highest BCUT2D eigenvalue weighted by Gasteiger charge is 2.11. The number of aliphatic imine (C=N–C) groups is 1. The number of nitrogens with two attached hydrogens (primary N) is 2. The number of fused-ring (bicyclic) bond motifs is 2. The van der Waals surface area contributed by atoms with Gasteiger partial charge in [-0.05, 0) is 42.0 Å². The molecule has 15 nitrogen and oxygen atoms in total. The van der Waals surface area contributed by atoms with Gasteiger partial charge in [-0.2, -0.15) is 0 Å². The van der Waals surface area contributed by atoms with Gasteiger partial charge in [0.2, 0.25) is 11.8 Å². The first kappa shape index (κ1) is 27.9. The van der Waals surface area contributed by atoms with Crippen molar-refractivity contribution in [2.45, 2.75) is 25.9 Å². The Morgan fingerprint density at radius 3 is 1.66 bits per heavy atom. The van der Waals surface area contributed by atoms with Crippen molar-refractivity contribution in [3.05, 3.63) is 79.4 Å². The van der Waals surface area contributed by atoms with Crippen LogP contribution in [0, 0.1) is 0 Å². The largest absolute Gasteiger partial charge is 0.382 e. The van der Waals surface area contributed by atoms with Gasteiger partial charge in [0.05, 0.1) is 18.3 Å². The third kappa shape index (κ3) is 6.30. The average Bonchev–Trinajstić information content (AvgIpc) is 3.65. The number of amides is 2. The van der Waals surface area contributed by atoms with Crippen molar-refractivity contribution in [2.24, 2.45) is 4.99 Å². The SMILES string of the molecule is Nc1ncnc2c1ncn2CCC(=O)Nc1ccc(C=Nc2ccc(NC(=O)CCn3cnc4c(N)ncnc43)cc2)cc1. The van der Waals surface area contributed by atoms with E-state index in [1.165, 1.54) is 12.7 Å². The van der Waals surface area contributed by atoms with Crippen molar-refractivity contribution >= 4 is 69.1 Å². The second-order valence-corrected chi connectivity index (χ2v) is 9.76. The molecule has 0 saturated carbocycles. The van der Waals surface area contributed by atoms with E-state index in [4.69, 9.17) is 11.5 Å². The monoisotopic (exact) mass is 589 g/mol. The number of hydrogen-bond donors (Lipinski definition) is 4. The number of nitrogen functional groups attached to an aromatic ring is 2. The van der Waals surface area contributed by atoms with Crippen LogP contribution in [0.1, 0.15) is 18.4 Å². The molecule has 0 aliphatic carbocycles. The molecule has 6 rings (SSSR count). The third-order valence-electron chi connectivity index (χ3n) is 6.73. The van der Waals surface area contributed by atoms with E-state index in [9.17, 15) is 9.59 Å². The molecule has 2 amide bonds. The highest BCUT2D eigenvalue weighted by molar-refractivity contribution is 5.92. The molecule has 6 N–H and O–H groups in total. The molecule has 44 heavy (non-hydrogen) atoms. The molecule has 4 aromatic heterocycles. The minimum absolute atomic E-state index is 0.141. The van der Waals surface area contributed by atoms with Crippen molar-refractivity contribution in [2.75, 3.05) is 22.1 Å². The second kappa shape index (κ2) is 12.3. The van der Waals surface area contributed by atoms with Crippen LogP contribution in [-0.2, 0) is 22.7 Å². The minimum Gasteiger partial charge on any atom is -0.382 e. The molecule has 0 aliphatic heterocycles. The molecule has 4 heterocycles. The molecule has 0 bridgehead atoms. The highest BCUT2D eigenvalue weighted by Crippen LogP contribution is 2.19. The first-order valence-electron chi connectivity index (χ1n) is 13.6. The van der Waals surface area contributed by atoms with Gasteiger partial charge < -0.3 is 31.2 Å². The van der Waals surface area contributed by atoms with E-state index >= 15 is 0 Å². The molecule has 0 saturated heterocycles. The molecule has 2 aromatic carbocycles. The zero-order valence-electron chi connectivity index (χ0n) is 23.3. The lowest BCUT2D eigenvalue weighted by Crippen LogP contribution is -2.14. The van der Waals surface area contributed by atoms with Gasteiger partial charge in [0.1, 0.15) is 23.7 Å². The summed E-state index contributed by atoms with van der Waals surface area (Å²) in [4.78, 5) is 54.1. The topological polar surface area (TPSA) is 210 Å². The molecular weight excluding hydrogens is 562 g/mol. The Morgan fingerprint density at radius 1 is 0.682 bits per heavy atom. The Hall–Kier alpha value is -6.25. The smallest absolute Gasteiger partial charge is 0.226 e. The lowest BCUT2D eigenvalue weighted by Gasteiger charge is -2.07. The summed E-state index contributed by atoms with van der Waals surface area (Å²) in [6, 6.07) is 14.6. The van der Waals surface area contributed by atoms with Crippen molar-refractivity contribution in [1.29, 1.82) is 0 Å². The Kier molecular flexibility index (Phi) is 7.81. The van der Waals surface area contributed by atoms with E-state index in [0.29, 0.717) is 58.4 Å². The normalized spacial score (nSPS) is 11.4. The first-order valence-corrected chi connectivity index (χ1v) is 13.6. The number of anilines is 4. The van der Waals surface area contributed by atoms with Gasteiger partial charge in [0, 0.05) is 43.5 Å². The molecule has 0 fully saturated rings. The molecule has 15 heteroatoms. The van der Waals surface area contributed by atoms with Crippen LogP contribution in [0.25, 0.3) is 22.3 Å². The number of hydrogen-bond acceptors (Lipinski definition) is 11. The first-order chi connectivity index (χ1) is 21.4. The standard InChI is InChI=1S/C29H27N13O2/c30-26-24-28(35-14-33-26)41(16-37-24)11-9-22(43)39-20-3-1-18(2-4-20)13-32-19-5-7-21(8-6-19)40-23(44)10-12-42-17-38-25-27(31)34-15-36-29(25)42/h1-8,13-17H,9-12H2,(H,39,43)(H,40,44)(H2,30,33,35)(H2,31,34,36). The fourth-order valence-corrected chi connectivity index (χ4v) is 4.45. The number of rotatable bonds is 10. The minimum atomic E-state index is -0.146. The number of benzene rings is 2. The summed E-state index contributed by atoms with van der Waals surface area (Å²) in [7, 11) is 0. The van der Waals surface area contributed by atoms with Crippen molar-refractivity contribution < 1.29 is 9.59 Å². The van der Waals surface area contributed by atoms with Crippen molar-refractivity contribution in [3.8, 4) is 0 Å². The van der Waals surface area contributed by atoms with Gasteiger partial charge in [-0.3, -0.25) is 14.6 Å². The quantitative estimate of drug-likeness (QED) is 0.172. The van der Waals surface area contributed by atoms with Crippen LogP contribution >= 0.6 is 0 Å². The summed E-state index contributed by atoms with van der Waals surface area (Å²) in [6.07, 6.45) is 8.14. The number of aromatic nitrogens is 8. The predicted octanol–water partition coefficient (Wildman–Crippen LogP) is 2.94. The van der Waals surface area contributed by atoms with Gasteiger partial charge in [0.25, 0.3) is 0 Å². The van der Waals surface area contributed by atoms with Crippen LogP contribution in [0.4, 0.5) is 28.7 Å². The molecule has 220 valence electrons. The number of carbonyl (C=O) groups is 2. The summed E-state index contributed by atoms with van der Waals surface area (Å²) in [5, 5.41) is 5.77. The fraction of sp³-hybridized carbons (Fsp3) is 0.138. The number of aryl methyl sites for hydroxylation is 2. The van der Waals surface area contributed by atoms with E-state index in [1.807, 2.05) is 36.4 Å². The lowest BCUT2D eigenvalue weighted by molar-refractivity contribution is -0.117. The van der Waals surface area contributed by atoms with Crippen LogP contribution in [-0.4, -0.2) is 57.1 Å². The molecule has 6 aromatic rings. The molecule has 0 atom stereocenters. The highest BCUT2D eigenvalue weighted by atomic mass is 16.2. The van der Waals surface area contributed by atoms with E-state index in [0.717, 1.165) is 11.3 Å². The maximum atomic E-state index is 12.5. The predicted molar refractivity (Wildman–Crippen MR) is 166 cm³/mol. The van der Waals surface area contributed by atoms with E-state index in [1.54, 1.807) is 40.1 Å². The Labute approximate surface area is 250 Å². The van der Waals surface area contributed by atoms with Crippen LogP contribution < -0.4 is 22.1 Å². The average molecular weight is 590 g/mol. The van der Waals surface area contributed by atoms with Crippen molar-refractivity contribution in [3.63, 3.8) is 0 Å². The molecule has 0 radical (unpaired) electrons. The summed E-state index contributed by atoms with van der Waals surface area (Å²) < 4.78 is 3.54. The van der Waals surface area contributed by atoms with Crippen LogP contribution in [0.2, 0.25) is 0 Å². The molecule has 0 aliphatic rings. The fourth-order valence-electron chi connectivity index (χ4n) is 4.45. The van der Waals surface area contributed by atoms with Gasteiger partial charge in [-0.15, -0.1) is 0 Å². The molecule has 0 spiro atoms. The van der Waals surface area contributed by atoms with Crippen LogP contribution in [0.15, 0.2) is 78.8 Å². The Bertz CT molecular complexity index is 1840. The van der Waals surface area contributed by atoms with Crippen LogP contribution in [0.3, 0.4) is 0 Å². The van der Waals surface area contributed by atoms with E-state index < -0.39 is 0 Å².